The fraction of sp³-hybridized carbons (Fsp3) is 0. The quantitative estimate of drug-likeness (QED) is 0.375. The van der Waals surface area contributed by atoms with Crippen LogP contribution in [0.15, 0.2) is 89.9 Å². The summed E-state index contributed by atoms with van der Waals surface area (Å²) < 4.78 is 1.96. The van der Waals surface area contributed by atoms with Crippen molar-refractivity contribution in [2.24, 2.45) is 4.99 Å². The topological polar surface area (TPSA) is 34.4 Å². The molecule has 3 nitrogen and oxygen atoms in total. The number of hydrogen-bond donors (Lipinski definition) is 0. The highest BCUT2D eigenvalue weighted by Gasteiger charge is 2.16. The fourth-order valence-electron chi connectivity index (χ4n) is 3.05. The third kappa shape index (κ3) is 2.76. The van der Waals surface area contributed by atoms with E-state index in [1.165, 1.54) is 0 Å². The molecule has 1 heterocycles. The molecular weight excluding hydrogens is 308 g/mol. The van der Waals surface area contributed by atoms with Crippen molar-refractivity contribution in [1.82, 2.24) is 4.57 Å². The highest BCUT2D eigenvalue weighted by molar-refractivity contribution is 6.08. The van der Waals surface area contributed by atoms with Crippen LogP contribution in [0.5, 0.6) is 0 Å². The standard InChI is InChI=1S/C22H16N2O/c25-16-22-20-14-8-7-13-19(20)21(15-23-17-9-3-1-4-10-17)24(22)18-11-5-2-6-12-18/h1-16H. The summed E-state index contributed by atoms with van der Waals surface area (Å²) in [4.78, 5) is 16.4. The van der Waals surface area contributed by atoms with E-state index in [1.807, 2.05) is 95.7 Å². The van der Waals surface area contributed by atoms with E-state index >= 15 is 0 Å². The average molecular weight is 324 g/mol. The Morgan fingerprint density at radius 2 is 1.24 bits per heavy atom. The first-order valence-corrected chi connectivity index (χ1v) is 8.11. The van der Waals surface area contributed by atoms with Crippen LogP contribution < -0.4 is 0 Å². The van der Waals surface area contributed by atoms with Crippen molar-refractivity contribution in [1.29, 1.82) is 0 Å². The van der Waals surface area contributed by atoms with Crippen molar-refractivity contribution in [3.05, 3.63) is 96.3 Å². The van der Waals surface area contributed by atoms with E-state index in [1.54, 1.807) is 0 Å². The molecule has 25 heavy (non-hydrogen) atoms. The first kappa shape index (κ1) is 15.1. The monoisotopic (exact) mass is 324 g/mol. The van der Waals surface area contributed by atoms with E-state index in [9.17, 15) is 4.79 Å². The summed E-state index contributed by atoms with van der Waals surface area (Å²) in [6, 6.07) is 27.6. The van der Waals surface area contributed by atoms with E-state index in [4.69, 9.17) is 0 Å². The Morgan fingerprint density at radius 3 is 1.88 bits per heavy atom. The molecule has 3 aromatic carbocycles. The molecule has 0 bridgehead atoms. The Kier molecular flexibility index (Phi) is 3.97. The Morgan fingerprint density at radius 1 is 0.680 bits per heavy atom. The zero-order valence-electron chi connectivity index (χ0n) is 13.5. The molecule has 4 aromatic rings. The summed E-state index contributed by atoms with van der Waals surface area (Å²) in [6.45, 7) is 0. The van der Waals surface area contributed by atoms with Crippen molar-refractivity contribution < 1.29 is 4.79 Å². The largest absolute Gasteiger partial charge is 0.305 e. The van der Waals surface area contributed by atoms with Gasteiger partial charge in [0, 0.05) is 16.5 Å². The molecule has 0 fully saturated rings. The second-order valence-corrected chi connectivity index (χ2v) is 5.70. The summed E-state index contributed by atoms with van der Waals surface area (Å²) in [7, 11) is 0. The summed E-state index contributed by atoms with van der Waals surface area (Å²) in [5.41, 5.74) is 3.35. The highest BCUT2D eigenvalue weighted by atomic mass is 16.1. The van der Waals surface area contributed by atoms with Crippen molar-refractivity contribution >= 4 is 29.0 Å². The Balaban J connectivity index is 1.98. The minimum Gasteiger partial charge on any atom is -0.305 e. The predicted molar refractivity (Wildman–Crippen MR) is 102 cm³/mol. The zero-order chi connectivity index (χ0) is 17.1. The first-order valence-electron chi connectivity index (χ1n) is 8.11. The van der Waals surface area contributed by atoms with Gasteiger partial charge in [0.25, 0.3) is 0 Å². The Hall–Kier alpha value is -3.46. The van der Waals surface area contributed by atoms with Crippen LogP contribution in [-0.2, 0) is 0 Å². The SMILES string of the molecule is O=Cc1c2ccccc2c(C=Nc2ccccc2)n1-c1ccccc1. The molecule has 0 spiro atoms. The molecule has 0 unspecified atom stereocenters. The van der Waals surface area contributed by atoms with Crippen molar-refractivity contribution in [2.45, 2.75) is 0 Å². The average Bonchev–Trinajstić information content (AvgIpc) is 3.01. The van der Waals surface area contributed by atoms with Crippen LogP contribution >= 0.6 is 0 Å². The van der Waals surface area contributed by atoms with Crippen LogP contribution in [0.25, 0.3) is 16.5 Å². The molecule has 0 saturated carbocycles. The summed E-state index contributed by atoms with van der Waals surface area (Å²) in [5, 5.41) is 1.93. The minimum atomic E-state index is 0.635. The molecule has 0 amide bonds. The van der Waals surface area contributed by atoms with Crippen LogP contribution in [0.4, 0.5) is 5.69 Å². The molecule has 0 aliphatic heterocycles. The van der Waals surface area contributed by atoms with Gasteiger partial charge in [-0.15, -0.1) is 0 Å². The van der Waals surface area contributed by atoms with E-state index < -0.39 is 0 Å². The van der Waals surface area contributed by atoms with Gasteiger partial charge in [0.05, 0.1) is 23.3 Å². The number of benzene rings is 3. The predicted octanol–water partition coefficient (Wildman–Crippen LogP) is 5.19. The molecule has 0 aliphatic carbocycles. The van der Waals surface area contributed by atoms with Gasteiger partial charge in [-0.3, -0.25) is 9.79 Å². The maximum Gasteiger partial charge on any atom is 0.167 e. The van der Waals surface area contributed by atoms with Gasteiger partial charge in [-0.2, -0.15) is 0 Å². The zero-order valence-corrected chi connectivity index (χ0v) is 13.5. The summed E-state index contributed by atoms with van der Waals surface area (Å²) in [6.07, 6.45) is 2.74. The number of para-hydroxylation sites is 2. The molecule has 1 aromatic heterocycles. The number of aromatic nitrogens is 1. The highest BCUT2D eigenvalue weighted by Crippen LogP contribution is 2.28. The molecule has 0 N–H and O–H groups in total. The molecule has 0 saturated heterocycles. The van der Waals surface area contributed by atoms with Crippen LogP contribution in [0.2, 0.25) is 0 Å². The number of carbonyl (C=O) groups excluding carboxylic acids is 1. The van der Waals surface area contributed by atoms with E-state index in [2.05, 4.69) is 4.99 Å². The fourth-order valence-corrected chi connectivity index (χ4v) is 3.05. The molecule has 0 aliphatic rings. The molecule has 120 valence electrons. The summed E-state index contributed by atoms with van der Waals surface area (Å²) in [5.74, 6) is 0. The minimum absolute atomic E-state index is 0.635. The van der Waals surface area contributed by atoms with Gasteiger partial charge in [-0.05, 0) is 24.3 Å². The molecule has 3 heteroatoms. The van der Waals surface area contributed by atoms with Crippen LogP contribution in [0.3, 0.4) is 0 Å². The van der Waals surface area contributed by atoms with Gasteiger partial charge in [0.1, 0.15) is 0 Å². The maximum absolute atomic E-state index is 11.8. The molecule has 4 rings (SSSR count). The maximum atomic E-state index is 11.8. The van der Waals surface area contributed by atoms with Gasteiger partial charge >= 0.3 is 0 Å². The van der Waals surface area contributed by atoms with Crippen LogP contribution in [0.1, 0.15) is 16.2 Å². The molecular formula is C22H16N2O. The number of aldehydes is 1. The van der Waals surface area contributed by atoms with Gasteiger partial charge in [-0.1, -0.05) is 60.7 Å². The van der Waals surface area contributed by atoms with Gasteiger partial charge < -0.3 is 4.57 Å². The Labute approximate surface area is 145 Å². The lowest BCUT2D eigenvalue weighted by Gasteiger charge is -2.08. The normalized spacial score (nSPS) is 11.2. The number of aliphatic imine (C=N–C) groups is 1. The van der Waals surface area contributed by atoms with Crippen molar-refractivity contribution in [2.75, 3.05) is 0 Å². The van der Waals surface area contributed by atoms with Crippen LogP contribution in [-0.4, -0.2) is 17.1 Å². The number of carbonyl (C=O) groups is 1. The smallest absolute Gasteiger partial charge is 0.167 e. The van der Waals surface area contributed by atoms with E-state index in [0.29, 0.717) is 5.69 Å². The van der Waals surface area contributed by atoms with Gasteiger partial charge in [0.15, 0.2) is 6.29 Å². The van der Waals surface area contributed by atoms with Crippen LogP contribution in [0, 0.1) is 0 Å². The number of fused-ring (bicyclic) bond motifs is 1. The van der Waals surface area contributed by atoms with E-state index in [-0.39, 0.29) is 0 Å². The lowest BCUT2D eigenvalue weighted by molar-refractivity contribution is 0.111. The van der Waals surface area contributed by atoms with E-state index in [0.717, 1.165) is 34.1 Å². The lowest BCUT2D eigenvalue weighted by Crippen LogP contribution is -2.03. The number of hydrogen-bond acceptors (Lipinski definition) is 2. The Bertz CT molecular complexity index is 1050. The molecule has 0 atom stereocenters. The lowest BCUT2D eigenvalue weighted by atomic mass is 10.1. The van der Waals surface area contributed by atoms with Crippen molar-refractivity contribution in [3.8, 4) is 5.69 Å². The second-order valence-electron chi connectivity index (χ2n) is 5.70. The third-order valence-corrected chi connectivity index (χ3v) is 4.18. The summed E-state index contributed by atoms with van der Waals surface area (Å²) >= 11 is 0. The third-order valence-electron chi connectivity index (χ3n) is 4.18. The number of nitrogens with zero attached hydrogens (tertiary/aromatic N) is 2. The van der Waals surface area contributed by atoms with Gasteiger partial charge in [-0.25, -0.2) is 0 Å². The van der Waals surface area contributed by atoms with Gasteiger partial charge in [0.2, 0.25) is 0 Å². The first-order chi connectivity index (χ1) is 12.4. The van der Waals surface area contributed by atoms with Crippen molar-refractivity contribution in [3.63, 3.8) is 0 Å². The second kappa shape index (κ2) is 6.57. The molecule has 0 radical (unpaired) electrons. The number of rotatable bonds is 4.